The van der Waals surface area contributed by atoms with E-state index in [0.29, 0.717) is 10.9 Å². The number of sulfone groups is 1. The Bertz CT molecular complexity index is 496. The van der Waals surface area contributed by atoms with Crippen molar-refractivity contribution in [1.82, 2.24) is 10.6 Å². The maximum Gasteiger partial charge on any atom is 0.178 e. The summed E-state index contributed by atoms with van der Waals surface area (Å²) in [6, 6.07) is 7.83. The third-order valence-corrected chi connectivity index (χ3v) is 5.18. The van der Waals surface area contributed by atoms with Crippen molar-refractivity contribution < 1.29 is 8.42 Å². The molecule has 0 aliphatic carbocycles. The van der Waals surface area contributed by atoms with Crippen molar-refractivity contribution in [3.63, 3.8) is 0 Å². The lowest BCUT2D eigenvalue weighted by Gasteiger charge is -2.31. The number of piperazine rings is 1. The SMILES string of the molecule is CCS(=O)(=O)c1ccc(C2NCCNC2C)cc1. The predicted octanol–water partition coefficient (Wildman–Crippen LogP) is 1.10. The molecule has 1 heterocycles. The average molecular weight is 268 g/mol. The van der Waals surface area contributed by atoms with Gasteiger partial charge in [-0.3, -0.25) is 0 Å². The summed E-state index contributed by atoms with van der Waals surface area (Å²) in [6.45, 7) is 5.70. The first-order valence-electron chi connectivity index (χ1n) is 6.34. The molecule has 1 aromatic carbocycles. The lowest BCUT2D eigenvalue weighted by Crippen LogP contribution is -2.48. The summed E-state index contributed by atoms with van der Waals surface area (Å²) in [5.74, 6) is 0.145. The van der Waals surface area contributed by atoms with E-state index < -0.39 is 9.84 Å². The number of benzene rings is 1. The molecular weight excluding hydrogens is 248 g/mol. The Morgan fingerprint density at radius 3 is 2.33 bits per heavy atom. The van der Waals surface area contributed by atoms with Crippen molar-refractivity contribution >= 4 is 9.84 Å². The number of rotatable bonds is 3. The fourth-order valence-electron chi connectivity index (χ4n) is 2.28. The van der Waals surface area contributed by atoms with E-state index in [1.165, 1.54) is 0 Å². The molecule has 0 bridgehead atoms. The normalized spacial score (nSPS) is 25.0. The number of nitrogens with one attached hydrogen (secondary N) is 2. The smallest absolute Gasteiger partial charge is 0.178 e. The fourth-order valence-corrected chi connectivity index (χ4v) is 3.16. The molecule has 2 unspecified atom stereocenters. The summed E-state index contributed by atoms with van der Waals surface area (Å²) < 4.78 is 23.4. The Morgan fingerprint density at radius 2 is 1.78 bits per heavy atom. The molecular formula is C13H20N2O2S. The van der Waals surface area contributed by atoms with Gasteiger partial charge < -0.3 is 10.6 Å². The van der Waals surface area contributed by atoms with E-state index in [4.69, 9.17) is 0 Å². The van der Waals surface area contributed by atoms with Crippen LogP contribution in [-0.4, -0.2) is 33.3 Å². The molecule has 2 rings (SSSR count). The number of hydrogen-bond donors (Lipinski definition) is 2. The summed E-state index contributed by atoms with van der Waals surface area (Å²) in [4.78, 5) is 0.408. The molecule has 2 atom stereocenters. The van der Waals surface area contributed by atoms with Crippen LogP contribution in [0.4, 0.5) is 0 Å². The van der Waals surface area contributed by atoms with Gasteiger partial charge in [-0.15, -0.1) is 0 Å². The fraction of sp³-hybridized carbons (Fsp3) is 0.538. The molecule has 2 N–H and O–H groups in total. The van der Waals surface area contributed by atoms with Crippen LogP contribution >= 0.6 is 0 Å². The van der Waals surface area contributed by atoms with Crippen LogP contribution in [0.1, 0.15) is 25.5 Å². The minimum atomic E-state index is -3.10. The quantitative estimate of drug-likeness (QED) is 0.862. The highest BCUT2D eigenvalue weighted by atomic mass is 32.2. The van der Waals surface area contributed by atoms with Gasteiger partial charge in [-0.1, -0.05) is 19.1 Å². The van der Waals surface area contributed by atoms with Gasteiger partial charge in [0.1, 0.15) is 0 Å². The molecule has 0 saturated carbocycles. The highest BCUT2D eigenvalue weighted by molar-refractivity contribution is 7.91. The first-order valence-corrected chi connectivity index (χ1v) is 7.99. The largest absolute Gasteiger partial charge is 0.311 e. The molecule has 0 radical (unpaired) electrons. The van der Waals surface area contributed by atoms with E-state index in [1.54, 1.807) is 19.1 Å². The topological polar surface area (TPSA) is 58.2 Å². The summed E-state index contributed by atoms with van der Waals surface area (Å²) in [7, 11) is -3.10. The maximum atomic E-state index is 11.7. The van der Waals surface area contributed by atoms with Crippen LogP contribution in [0.2, 0.25) is 0 Å². The van der Waals surface area contributed by atoms with E-state index >= 15 is 0 Å². The van der Waals surface area contributed by atoms with Crippen LogP contribution in [0.15, 0.2) is 29.2 Å². The van der Waals surface area contributed by atoms with E-state index in [0.717, 1.165) is 18.7 Å². The number of hydrogen-bond acceptors (Lipinski definition) is 4. The van der Waals surface area contributed by atoms with Gasteiger partial charge in [-0.25, -0.2) is 8.42 Å². The Hall–Kier alpha value is -0.910. The molecule has 1 fully saturated rings. The molecule has 1 aliphatic heterocycles. The highest BCUT2D eigenvalue weighted by Crippen LogP contribution is 2.21. The zero-order valence-corrected chi connectivity index (χ0v) is 11.6. The van der Waals surface area contributed by atoms with Gasteiger partial charge >= 0.3 is 0 Å². The molecule has 1 aromatic rings. The minimum absolute atomic E-state index is 0.145. The molecule has 0 spiro atoms. The van der Waals surface area contributed by atoms with Gasteiger partial charge in [-0.2, -0.15) is 0 Å². The van der Waals surface area contributed by atoms with Gasteiger partial charge in [0.25, 0.3) is 0 Å². The molecule has 4 nitrogen and oxygen atoms in total. The molecule has 1 saturated heterocycles. The highest BCUT2D eigenvalue weighted by Gasteiger charge is 2.22. The average Bonchev–Trinajstić information content (AvgIpc) is 2.39. The van der Waals surface area contributed by atoms with Crippen LogP contribution < -0.4 is 10.6 Å². The Kier molecular flexibility index (Phi) is 4.04. The predicted molar refractivity (Wildman–Crippen MR) is 72.4 cm³/mol. The molecule has 18 heavy (non-hydrogen) atoms. The van der Waals surface area contributed by atoms with Crippen molar-refractivity contribution in [3.8, 4) is 0 Å². The van der Waals surface area contributed by atoms with Crippen LogP contribution in [0.3, 0.4) is 0 Å². The van der Waals surface area contributed by atoms with Crippen molar-refractivity contribution in [2.24, 2.45) is 0 Å². The van der Waals surface area contributed by atoms with Gasteiger partial charge in [0.2, 0.25) is 0 Å². The van der Waals surface area contributed by atoms with Crippen LogP contribution in [0.25, 0.3) is 0 Å². The van der Waals surface area contributed by atoms with Crippen molar-refractivity contribution in [2.75, 3.05) is 18.8 Å². The molecule has 0 amide bonds. The van der Waals surface area contributed by atoms with Crippen LogP contribution in [0, 0.1) is 0 Å². The van der Waals surface area contributed by atoms with E-state index in [2.05, 4.69) is 17.6 Å². The Morgan fingerprint density at radius 1 is 1.17 bits per heavy atom. The van der Waals surface area contributed by atoms with Crippen LogP contribution in [0.5, 0.6) is 0 Å². The summed E-state index contributed by atoms with van der Waals surface area (Å²) in [6.07, 6.45) is 0. The maximum absolute atomic E-state index is 11.7. The second kappa shape index (κ2) is 5.38. The lowest BCUT2D eigenvalue weighted by molar-refractivity contribution is 0.345. The van der Waals surface area contributed by atoms with E-state index in [9.17, 15) is 8.42 Å². The molecule has 0 aromatic heterocycles. The standard InChI is InChI=1S/C13H20N2O2S/c1-3-18(16,17)12-6-4-11(5-7-12)13-10(2)14-8-9-15-13/h4-7,10,13-15H,3,8-9H2,1-2H3. The van der Waals surface area contributed by atoms with Crippen molar-refractivity contribution in [3.05, 3.63) is 29.8 Å². The van der Waals surface area contributed by atoms with E-state index in [-0.39, 0.29) is 11.8 Å². The lowest BCUT2D eigenvalue weighted by atomic mass is 9.99. The van der Waals surface area contributed by atoms with Gasteiger partial charge in [0, 0.05) is 25.2 Å². The first kappa shape index (κ1) is 13.5. The zero-order valence-electron chi connectivity index (χ0n) is 10.8. The summed E-state index contributed by atoms with van der Waals surface area (Å²) in [5.41, 5.74) is 1.13. The zero-order chi connectivity index (χ0) is 13.2. The van der Waals surface area contributed by atoms with E-state index in [1.807, 2.05) is 12.1 Å². The molecule has 100 valence electrons. The van der Waals surface area contributed by atoms with Crippen molar-refractivity contribution in [1.29, 1.82) is 0 Å². The van der Waals surface area contributed by atoms with Gasteiger partial charge in [0.05, 0.1) is 10.6 Å². The van der Waals surface area contributed by atoms with Crippen molar-refractivity contribution in [2.45, 2.75) is 30.8 Å². The summed E-state index contributed by atoms with van der Waals surface area (Å²) in [5, 5.41) is 6.85. The summed E-state index contributed by atoms with van der Waals surface area (Å²) >= 11 is 0. The molecule has 1 aliphatic rings. The van der Waals surface area contributed by atoms with Crippen LogP contribution in [-0.2, 0) is 9.84 Å². The second-order valence-corrected chi connectivity index (χ2v) is 6.93. The molecule has 5 heteroatoms. The first-order chi connectivity index (χ1) is 8.54. The van der Waals surface area contributed by atoms with Gasteiger partial charge in [-0.05, 0) is 24.6 Å². The Balaban J connectivity index is 2.22. The third kappa shape index (κ3) is 2.74. The Labute approximate surface area is 109 Å². The second-order valence-electron chi connectivity index (χ2n) is 4.65. The minimum Gasteiger partial charge on any atom is -0.311 e. The van der Waals surface area contributed by atoms with Gasteiger partial charge in [0.15, 0.2) is 9.84 Å². The monoisotopic (exact) mass is 268 g/mol. The third-order valence-electron chi connectivity index (χ3n) is 3.43.